The summed E-state index contributed by atoms with van der Waals surface area (Å²) in [7, 11) is 0. The SMILES string of the molecule is CC(C)(C)NCC1CCc2nc(-c3ccco3)ncc2C1. The van der Waals surface area contributed by atoms with Crippen LogP contribution in [-0.4, -0.2) is 22.1 Å². The maximum atomic E-state index is 5.37. The van der Waals surface area contributed by atoms with Crippen LogP contribution in [-0.2, 0) is 12.8 Å². The number of furan rings is 1. The van der Waals surface area contributed by atoms with Crippen LogP contribution >= 0.6 is 0 Å². The molecule has 0 spiro atoms. The topological polar surface area (TPSA) is 51.0 Å². The number of nitrogens with one attached hydrogen (secondary N) is 1. The maximum absolute atomic E-state index is 5.37. The maximum Gasteiger partial charge on any atom is 0.195 e. The van der Waals surface area contributed by atoms with E-state index < -0.39 is 0 Å². The van der Waals surface area contributed by atoms with Gasteiger partial charge < -0.3 is 9.73 Å². The molecule has 0 bridgehead atoms. The van der Waals surface area contributed by atoms with Gasteiger partial charge in [-0.25, -0.2) is 9.97 Å². The van der Waals surface area contributed by atoms with Crippen LogP contribution in [0, 0.1) is 5.92 Å². The first-order chi connectivity index (χ1) is 10.0. The molecule has 1 unspecified atom stereocenters. The largest absolute Gasteiger partial charge is 0.461 e. The Morgan fingerprint density at radius 3 is 2.95 bits per heavy atom. The molecule has 1 aliphatic rings. The van der Waals surface area contributed by atoms with E-state index in [0.29, 0.717) is 11.7 Å². The fraction of sp³-hybridized carbons (Fsp3) is 0.529. The molecule has 0 fully saturated rings. The van der Waals surface area contributed by atoms with Gasteiger partial charge in [-0.15, -0.1) is 0 Å². The molecule has 1 aliphatic carbocycles. The van der Waals surface area contributed by atoms with Crippen molar-refractivity contribution in [1.29, 1.82) is 0 Å². The Kier molecular flexibility index (Phi) is 3.81. The minimum Gasteiger partial charge on any atom is -0.461 e. The van der Waals surface area contributed by atoms with Crippen molar-refractivity contribution in [2.75, 3.05) is 6.54 Å². The summed E-state index contributed by atoms with van der Waals surface area (Å²) >= 11 is 0. The molecule has 0 radical (unpaired) electrons. The standard InChI is InChI=1S/C17H23N3O/c1-17(2,3)19-10-12-6-7-14-13(9-12)11-18-16(20-14)15-5-4-8-21-15/h4-5,8,11-12,19H,6-7,9-10H2,1-3H3. The molecule has 2 aromatic heterocycles. The highest BCUT2D eigenvalue weighted by Crippen LogP contribution is 2.26. The van der Waals surface area contributed by atoms with Gasteiger partial charge in [0.15, 0.2) is 11.6 Å². The van der Waals surface area contributed by atoms with Crippen LogP contribution in [0.1, 0.15) is 38.4 Å². The Balaban J connectivity index is 1.70. The molecule has 2 aromatic rings. The zero-order chi connectivity index (χ0) is 14.9. The van der Waals surface area contributed by atoms with Gasteiger partial charge in [0.25, 0.3) is 0 Å². The fourth-order valence-corrected chi connectivity index (χ4v) is 2.73. The predicted octanol–water partition coefficient (Wildman–Crippen LogP) is 3.23. The molecule has 112 valence electrons. The lowest BCUT2D eigenvalue weighted by atomic mass is 9.86. The number of fused-ring (bicyclic) bond motifs is 1. The first kappa shape index (κ1) is 14.3. The summed E-state index contributed by atoms with van der Waals surface area (Å²) in [6.45, 7) is 7.69. The number of hydrogen-bond donors (Lipinski definition) is 1. The van der Waals surface area contributed by atoms with Crippen molar-refractivity contribution in [2.24, 2.45) is 5.92 Å². The quantitative estimate of drug-likeness (QED) is 0.940. The monoisotopic (exact) mass is 285 g/mol. The third kappa shape index (κ3) is 3.50. The Morgan fingerprint density at radius 2 is 2.24 bits per heavy atom. The van der Waals surface area contributed by atoms with E-state index in [-0.39, 0.29) is 5.54 Å². The molecule has 0 aliphatic heterocycles. The number of aryl methyl sites for hydroxylation is 1. The average Bonchev–Trinajstić information content (AvgIpc) is 2.98. The highest BCUT2D eigenvalue weighted by Gasteiger charge is 2.22. The summed E-state index contributed by atoms with van der Waals surface area (Å²) in [6, 6.07) is 3.77. The van der Waals surface area contributed by atoms with Crippen molar-refractivity contribution < 1.29 is 4.42 Å². The summed E-state index contributed by atoms with van der Waals surface area (Å²) in [5, 5.41) is 3.60. The second-order valence-corrected chi connectivity index (χ2v) is 6.88. The van der Waals surface area contributed by atoms with Crippen molar-refractivity contribution in [2.45, 2.75) is 45.6 Å². The van der Waals surface area contributed by atoms with Crippen LogP contribution in [0.4, 0.5) is 0 Å². The van der Waals surface area contributed by atoms with Gasteiger partial charge in [0.05, 0.1) is 6.26 Å². The average molecular weight is 285 g/mol. The van der Waals surface area contributed by atoms with Gasteiger partial charge in [-0.1, -0.05) is 0 Å². The molecule has 2 heterocycles. The lowest BCUT2D eigenvalue weighted by Crippen LogP contribution is -2.40. The summed E-state index contributed by atoms with van der Waals surface area (Å²) in [5.41, 5.74) is 2.65. The van der Waals surface area contributed by atoms with E-state index in [0.717, 1.165) is 25.1 Å². The fourth-order valence-electron chi connectivity index (χ4n) is 2.73. The van der Waals surface area contributed by atoms with E-state index in [1.165, 1.54) is 17.7 Å². The van der Waals surface area contributed by atoms with Crippen LogP contribution in [0.15, 0.2) is 29.0 Å². The van der Waals surface area contributed by atoms with Gasteiger partial charge >= 0.3 is 0 Å². The minimum absolute atomic E-state index is 0.180. The molecule has 21 heavy (non-hydrogen) atoms. The Morgan fingerprint density at radius 1 is 1.38 bits per heavy atom. The minimum atomic E-state index is 0.180. The van der Waals surface area contributed by atoms with E-state index >= 15 is 0 Å². The van der Waals surface area contributed by atoms with Gasteiger partial charge in [-0.05, 0) is 70.2 Å². The van der Waals surface area contributed by atoms with Gasteiger partial charge in [0, 0.05) is 17.4 Å². The summed E-state index contributed by atoms with van der Waals surface area (Å²) in [6.07, 6.45) is 6.92. The van der Waals surface area contributed by atoms with Crippen LogP contribution in [0.5, 0.6) is 0 Å². The van der Waals surface area contributed by atoms with E-state index in [1.807, 2.05) is 18.3 Å². The van der Waals surface area contributed by atoms with E-state index in [1.54, 1.807) is 6.26 Å². The smallest absolute Gasteiger partial charge is 0.195 e. The molecular weight excluding hydrogens is 262 g/mol. The zero-order valence-electron chi connectivity index (χ0n) is 13.0. The van der Waals surface area contributed by atoms with Crippen molar-refractivity contribution in [3.8, 4) is 11.6 Å². The van der Waals surface area contributed by atoms with Crippen molar-refractivity contribution >= 4 is 0 Å². The van der Waals surface area contributed by atoms with Gasteiger partial charge in [-0.3, -0.25) is 0 Å². The molecule has 0 amide bonds. The molecule has 0 saturated carbocycles. The molecule has 4 nitrogen and oxygen atoms in total. The Bertz CT molecular complexity index is 599. The molecule has 1 N–H and O–H groups in total. The number of rotatable bonds is 3. The number of aromatic nitrogens is 2. The number of nitrogens with zero attached hydrogens (tertiary/aromatic N) is 2. The second kappa shape index (κ2) is 5.60. The van der Waals surface area contributed by atoms with Gasteiger partial charge in [0.2, 0.25) is 0 Å². The molecular formula is C17H23N3O. The second-order valence-electron chi connectivity index (χ2n) is 6.88. The molecule has 0 aromatic carbocycles. The Labute approximate surface area is 126 Å². The molecule has 3 rings (SSSR count). The van der Waals surface area contributed by atoms with Gasteiger partial charge in [-0.2, -0.15) is 0 Å². The predicted molar refractivity (Wildman–Crippen MR) is 83.0 cm³/mol. The molecule has 4 heteroatoms. The van der Waals surface area contributed by atoms with Crippen LogP contribution < -0.4 is 5.32 Å². The lowest BCUT2D eigenvalue weighted by molar-refractivity contribution is 0.347. The Hall–Kier alpha value is -1.68. The molecule has 0 saturated heterocycles. The molecule has 1 atom stereocenters. The third-order valence-electron chi connectivity index (χ3n) is 3.91. The van der Waals surface area contributed by atoms with Crippen LogP contribution in [0.25, 0.3) is 11.6 Å². The summed E-state index contributed by atoms with van der Waals surface area (Å²) in [5.74, 6) is 2.12. The van der Waals surface area contributed by atoms with Crippen LogP contribution in [0.3, 0.4) is 0 Å². The van der Waals surface area contributed by atoms with Crippen molar-refractivity contribution in [3.63, 3.8) is 0 Å². The normalized spacial score (nSPS) is 18.5. The van der Waals surface area contributed by atoms with E-state index in [4.69, 9.17) is 4.42 Å². The summed E-state index contributed by atoms with van der Waals surface area (Å²) < 4.78 is 5.37. The summed E-state index contributed by atoms with van der Waals surface area (Å²) in [4.78, 5) is 9.13. The zero-order valence-corrected chi connectivity index (χ0v) is 13.0. The van der Waals surface area contributed by atoms with Crippen molar-refractivity contribution in [3.05, 3.63) is 35.9 Å². The lowest BCUT2D eigenvalue weighted by Gasteiger charge is -2.28. The van der Waals surface area contributed by atoms with Crippen molar-refractivity contribution in [1.82, 2.24) is 15.3 Å². The number of hydrogen-bond acceptors (Lipinski definition) is 4. The van der Waals surface area contributed by atoms with E-state index in [2.05, 4.69) is 36.1 Å². The van der Waals surface area contributed by atoms with Crippen LogP contribution in [0.2, 0.25) is 0 Å². The van der Waals surface area contributed by atoms with Gasteiger partial charge in [0.1, 0.15) is 0 Å². The third-order valence-corrected chi connectivity index (χ3v) is 3.91. The highest BCUT2D eigenvalue weighted by molar-refractivity contribution is 5.47. The highest BCUT2D eigenvalue weighted by atomic mass is 16.3. The first-order valence-corrected chi connectivity index (χ1v) is 7.65. The van der Waals surface area contributed by atoms with E-state index in [9.17, 15) is 0 Å². The first-order valence-electron chi connectivity index (χ1n) is 7.65.